The highest BCUT2D eigenvalue weighted by molar-refractivity contribution is 5.32. The van der Waals surface area contributed by atoms with E-state index in [-0.39, 0.29) is 17.6 Å². The maximum atomic E-state index is 13.8. The van der Waals surface area contributed by atoms with Crippen LogP contribution in [-0.2, 0) is 0 Å². The highest BCUT2D eigenvalue weighted by Gasteiger charge is 2.54. The number of halogens is 1. The van der Waals surface area contributed by atoms with E-state index in [1.54, 1.807) is 12.1 Å². The Bertz CT molecular complexity index is 453. The molecular formula is C15H21FN2O. The molecule has 19 heavy (non-hydrogen) atoms. The predicted octanol–water partition coefficient (Wildman–Crippen LogP) is 2.77. The van der Waals surface area contributed by atoms with Crippen molar-refractivity contribution in [2.45, 2.75) is 31.7 Å². The van der Waals surface area contributed by atoms with Gasteiger partial charge in [-0.15, -0.1) is 0 Å². The number of hydrogen-bond acceptors (Lipinski definition) is 3. The van der Waals surface area contributed by atoms with E-state index in [1.807, 2.05) is 6.07 Å². The molecule has 0 saturated heterocycles. The molecule has 2 aliphatic carbocycles. The highest BCUT2D eigenvalue weighted by Crippen LogP contribution is 2.60. The summed E-state index contributed by atoms with van der Waals surface area (Å²) in [7, 11) is 1.48. The molecule has 2 saturated carbocycles. The van der Waals surface area contributed by atoms with Crippen molar-refractivity contribution in [2.24, 2.45) is 23.6 Å². The number of benzene rings is 1. The zero-order valence-corrected chi connectivity index (χ0v) is 11.2. The van der Waals surface area contributed by atoms with Crippen LogP contribution in [-0.4, -0.2) is 7.11 Å². The van der Waals surface area contributed by atoms with Gasteiger partial charge in [0.05, 0.1) is 7.11 Å². The molecule has 3 rings (SSSR count). The first-order valence-corrected chi connectivity index (χ1v) is 7.06. The van der Waals surface area contributed by atoms with Crippen molar-refractivity contribution in [3.8, 4) is 5.75 Å². The highest BCUT2D eigenvalue weighted by atomic mass is 19.1. The number of hydrogen-bond donors (Lipinski definition) is 2. The summed E-state index contributed by atoms with van der Waals surface area (Å²) in [4.78, 5) is 0. The number of ether oxygens (including phenoxy) is 1. The smallest absolute Gasteiger partial charge is 0.165 e. The average Bonchev–Trinajstić information content (AvgIpc) is 3.15. The minimum atomic E-state index is -0.316. The van der Waals surface area contributed by atoms with Crippen molar-refractivity contribution in [3.05, 3.63) is 29.6 Å². The topological polar surface area (TPSA) is 47.3 Å². The van der Waals surface area contributed by atoms with E-state index >= 15 is 0 Å². The third-order valence-electron chi connectivity index (χ3n) is 4.82. The largest absolute Gasteiger partial charge is 0.494 e. The molecule has 2 fully saturated rings. The van der Waals surface area contributed by atoms with Crippen LogP contribution in [0, 0.1) is 23.6 Å². The molecule has 3 atom stereocenters. The lowest BCUT2D eigenvalue weighted by molar-refractivity contribution is 0.384. The van der Waals surface area contributed by atoms with Crippen molar-refractivity contribution < 1.29 is 9.13 Å². The van der Waals surface area contributed by atoms with E-state index in [1.165, 1.54) is 32.8 Å². The average molecular weight is 264 g/mol. The fraction of sp³-hybridized carbons (Fsp3) is 0.600. The van der Waals surface area contributed by atoms with Crippen LogP contribution in [0.25, 0.3) is 0 Å². The van der Waals surface area contributed by atoms with Gasteiger partial charge in [-0.2, -0.15) is 0 Å². The van der Waals surface area contributed by atoms with Crippen molar-refractivity contribution in [2.75, 3.05) is 7.11 Å². The molecule has 0 aromatic heterocycles. The Hall–Kier alpha value is -1.13. The van der Waals surface area contributed by atoms with Crippen LogP contribution < -0.4 is 16.0 Å². The molecule has 104 valence electrons. The zero-order valence-electron chi connectivity index (χ0n) is 11.2. The minimum absolute atomic E-state index is 0.0634. The third-order valence-corrected chi connectivity index (χ3v) is 4.82. The second-order valence-corrected chi connectivity index (χ2v) is 5.73. The van der Waals surface area contributed by atoms with Gasteiger partial charge < -0.3 is 4.74 Å². The van der Waals surface area contributed by atoms with Gasteiger partial charge in [0.1, 0.15) is 0 Å². The summed E-state index contributed by atoms with van der Waals surface area (Å²) in [5.41, 5.74) is 3.82. The van der Waals surface area contributed by atoms with Crippen LogP contribution >= 0.6 is 0 Å². The summed E-state index contributed by atoms with van der Waals surface area (Å²) >= 11 is 0. The van der Waals surface area contributed by atoms with Crippen LogP contribution in [0.5, 0.6) is 5.75 Å². The fourth-order valence-electron chi connectivity index (χ4n) is 3.85. The lowest BCUT2D eigenvalue weighted by atomic mass is 10.00. The molecule has 2 aliphatic rings. The van der Waals surface area contributed by atoms with E-state index < -0.39 is 0 Å². The van der Waals surface area contributed by atoms with Crippen molar-refractivity contribution >= 4 is 0 Å². The van der Waals surface area contributed by atoms with Crippen LogP contribution in [0.1, 0.15) is 37.3 Å². The second-order valence-electron chi connectivity index (χ2n) is 5.73. The molecule has 0 radical (unpaired) electrons. The lowest BCUT2D eigenvalue weighted by Crippen LogP contribution is -2.30. The van der Waals surface area contributed by atoms with Crippen molar-refractivity contribution in [1.82, 2.24) is 5.43 Å². The SMILES string of the molecule is COc1ccc(C(NN)C2C3CCCCC32)cc1F. The lowest BCUT2D eigenvalue weighted by Gasteiger charge is -2.17. The molecular weight excluding hydrogens is 243 g/mol. The summed E-state index contributed by atoms with van der Waals surface area (Å²) in [5, 5.41) is 0. The summed E-state index contributed by atoms with van der Waals surface area (Å²) in [6.07, 6.45) is 5.25. The van der Waals surface area contributed by atoms with Gasteiger partial charge in [-0.05, 0) is 48.3 Å². The Balaban J connectivity index is 1.81. The molecule has 1 aromatic carbocycles. The third kappa shape index (κ3) is 2.23. The van der Waals surface area contributed by atoms with E-state index in [2.05, 4.69) is 5.43 Å². The second kappa shape index (κ2) is 5.10. The Morgan fingerprint density at radius 1 is 1.32 bits per heavy atom. The fourth-order valence-corrected chi connectivity index (χ4v) is 3.85. The molecule has 4 heteroatoms. The monoisotopic (exact) mass is 264 g/mol. The van der Waals surface area contributed by atoms with Gasteiger partial charge in [0.25, 0.3) is 0 Å². The van der Waals surface area contributed by atoms with Gasteiger partial charge in [-0.1, -0.05) is 18.9 Å². The van der Waals surface area contributed by atoms with Crippen molar-refractivity contribution in [3.63, 3.8) is 0 Å². The van der Waals surface area contributed by atoms with Crippen LogP contribution in [0.2, 0.25) is 0 Å². The maximum Gasteiger partial charge on any atom is 0.165 e. The Kier molecular flexibility index (Phi) is 3.46. The Labute approximate surface area is 113 Å². The first kappa shape index (κ1) is 12.9. The minimum Gasteiger partial charge on any atom is -0.494 e. The summed E-state index contributed by atoms with van der Waals surface area (Å²) < 4.78 is 18.8. The van der Waals surface area contributed by atoms with Gasteiger partial charge in [0.15, 0.2) is 11.6 Å². The summed E-state index contributed by atoms with van der Waals surface area (Å²) in [5.74, 6) is 7.81. The predicted molar refractivity (Wildman–Crippen MR) is 72.0 cm³/mol. The van der Waals surface area contributed by atoms with E-state index in [0.29, 0.717) is 5.92 Å². The van der Waals surface area contributed by atoms with E-state index in [9.17, 15) is 4.39 Å². The molecule has 1 aromatic rings. The van der Waals surface area contributed by atoms with E-state index in [0.717, 1.165) is 17.4 Å². The van der Waals surface area contributed by atoms with Crippen LogP contribution in [0.3, 0.4) is 0 Å². The van der Waals surface area contributed by atoms with Crippen LogP contribution in [0.15, 0.2) is 18.2 Å². The maximum absolute atomic E-state index is 13.8. The molecule has 0 heterocycles. The molecule has 0 aliphatic heterocycles. The standard InChI is InChI=1S/C15H21FN2O/c1-19-13-7-6-9(8-12(13)16)15(18-17)14-10-4-2-3-5-11(10)14/h6-8,10-11,14-15,18H,2-5,17H2,1H3. The zero-order chi connectivity index (χ0) is 13.4. The Morgan fingerprint density at radius 3 is 2.53 bits per heavy atom. The molecule has 3 unspecified atom stereocenters. The Morgan fingerprint density at radius 2 is 2.00 bits per heavy atom. The first-order chi connectivity index (χ1) is 9.26. The number of nitrogens with one attached hydrogen (secondary N) is 1. The molecule has 3 nitrogen and oxygen atoms in total. The molecule has 0 amide bonds. The van der Waals surface area contributed by atoms with E-state index in [4.69, 9.17) is 10.6 Å². The number of fused-ring (bicyclic) bond motifs is 1. The van der Waals surface area contributed by atoms with Gasteiger partial charge in [-0.25, -0.2) is 4.39 Å². The summed E-state index contributed by atoms with van der Waals surface area (Å²) in [6.45, 7) is 0. The van der Waals surface area contributed by atoms with Gasteiger partial charge in [0.2, 0.25) is 0 Å². The molecule has 0 spiro atoms. The van der Waals surface area contributed by atoms with Gasteiger partial charge >= 0.3 is 0 Å². The van der Waals surface area contributed by atoms with Gasteiger partial charge in [0, 0.05) is 6.04 Å². The summed E-state index contributed by atoms with van der Waals surface area (Å²) in [6, 6.07) is 5.21. The van der Waals surface area contributed by atoms with Crippen molar-refractivity contribution in [1.29, 1.82) is 0 Å². The number of rotatable bonds is 4. The molecule has 3 N–H and O–H groups in total. The van der Waals surface area contributed by atoms with Crippen LogP contribution in [0.4, 0.5) is 4.39 Å². The quantitative estimate of drug-likeness (QED) is 0.649. The first-order valence-electron chi connectivity index (χ1n) is 7.06. The normalized spacial score (nSPS) is 30.6. The molecule has 0 bridgehead atoms. The number of nitrogens with two attached hydrogens (primary N) is 1. The number of hydrazine groups is 1. The number of methoxy groups -OCH3 is 1. The van der Waals surface area contributed by atoms with Gasteiger partial charge in [-0.3, -0.25) is 11.3 Å².